The van der Waals surface area contributed by atoms with Crippen molar-refractivity contribution >= 4 is 21.6 Å². The molecule has 110 valence electrons. The second kappa shape index (κ2) is 6.27. The fraction of sp³-hybridized carbons (Fsp3) is 0.0714. The molecule has 3 N–H and O–H groups in total. The van der Waals surface area contributed by atoms with Gasteiger partial charge in [0.2, 0.25) is 0 Å². The third-order valence-corrected chi connectivity index (χ3v) is 3.66. The number of carbonyl (C=O) groups excluding carboxylic acids is 1. The number of nitrogens with one attached hydrogen (secondary N) is 2. The Balaban J connectivity index is 2.00. The van der Waals surface area contributed by atoms with Gasteiger partial charge in [-0.25, -0.2) is 13.1 Å². The molecular formula is C14H14N2O4S. The van der Waals surface area contributed by atoms with Crippen molar-refractivity contribution in [3.63, 3.8) is 0 Å². The lowest BCUT2D eigenvalue weighted by Gasteiger charge is -2.10. The number of benzene rings is 2. The Bertz CT molecular complexity index is 730. The van der Waals surface area contributed by atoms with Crippen LogP contribution in [0.5, 0.6) is 5.75 Å². The van der Waals surface area contributed by atoms with Gasteiger partial charge in [-0.3, -0.25) is 4.79 Å². The van der Waals surface area contributed by atoms with Crippen molar-refractivity contribution in [1.29, 1.82) is 0 Å². The third kappa shape index (κ3) is 4.22. The first-order valence-corrected chi connectivity index (χ1v) is 7.75. The average molecular weight is 306 g/mol. The maximum Gasteiger partial charge on any atom is 0.264 e. The van der Waals surface area contributed by atoms with Crippen molar-refractivity contribution in [2.75, 3.05) is 11.2 Å². The molecule has 0 aliphatic carbocycles. The zero-order chi connectivity index (χ0) is 15.3. The maximum atomic E-state index is 11.8. The van der Waals surface area contributed by atoms with Crippen molar-refractivity contribution in [3.8, 4) is 5.75 Å². The minimum Gasteiger partial charge on any atom is -0.506 e. The summed E-state index contributed by atoms with van der Waals surface area (Å²) in [6.07, 6.45) is 0. The molecule has 7 heteroatoms. The van der Waals surface area contributed by atoms with E-state index in [9.17, 15) is 18.3 Å². The molecule has 0 fully saturated rings. The van der Waals surface area contributed by atoms with E-state index in [1.165, 1.54) is 24.3 Å². The molecule has 0 unspecified atom stereocenters. The number of aromatic hydroxyl groups is 1. The largest absolute Gasteiger partial charge is 0.506 e. The van der Waals surface area contributed by atoms with E-state index in [1.807, 2.05) is 4.72 Å². The normalized spacial score (nSPS) is 10.9. The number of para-hydroxylation sites is 2. The number of hydrogen-bond donors (Lipinski definition) is 3. The lowest BCUT2D eigenvalue weighted by Crippen LogP contribution is -2.34. The van der Waals surface area contributed by atoms with E-state index < -0.39 is 21.8 Å². The van der Waals surface area contributed by atoms with Gasteiger partial charge in [0.1, 0.15) is 11.6 Å². The molecule has 2 aromatic carbocycles. The van der Waals surface area contributed by atoms with Crippen LogP contribution in [-0.4, -0.2) is 25.3 Å². The first-order chi connectivity index (χ1) is 9.98. The van der Waals surface area contributed by atoms with E-state index >= 15 is 0 Å². The molecule has 0 radical (unpaired) electrons. The summed E-state index contributed by atoms with van der Waals surface area (Å²) < 4.78 is 25.6. The van der Waals surface area contributed by atoms with Crippen LogP contribution in [0.2, 0.25) is 0 Å². The predicted octanol–water partition coefficient (Wildman–Crippen LogP) is 1.52. The highest BCUT2D eigenvalue weighted by molar-refractivity contribution is 7.90. The van der Waals surface area contributed by atoms with Gasteiger partial charge in [-0.2, -0.15) is 0 Å². The molecule has 0 aliphatic heterocycles. The Morgan fingerprint density at radius 1 is 1.00 bits per heavy atom. The van der Waals surface area contributed by atoms with Gasteiger partial charge in [0.25, 0.3) is 15.9 Å². The van der Waals surface area contributed by atoms with Crippen molar-refractivity contribution in [1.82, 2.24) is 4.72 Å². The number of anilines is 1. The van der Waals surface area contributed by atoms with Crippen molar-refractivity contribution in [3.05, 3.63) is 60.2 Å². The fourth-order valence-electron chi connectivity index (χ4n) is 1.62. The fourth-order valence-corrected chi connectivity index (χ4v) is 2.44. The van der Waals surface area contributed by atoms with Crippen molar-refractivity contribution in [2.24, 2.45) is 0 Å². The number of carbonyl (C=O) groups is 1. The molecule has 2 aromatic rings. The van der Waals surface area contributed by atoms with Crippen LogP contribution in [0.4, 0.5) is 5.69 Å². The lowest BCUT2D eigenvalue weighted by atomic mass is 10.2. The molecule has 1 amide bonds. The third-order valence-electron chi connectivity index (χ3n) is 2.64. The molecule has 0 aromatic heterocycles. The Hall–Kier alpha value is -2.54. The molecule has 0 spiro atoms. The van der Waals surface area contributed by atoms with Gasteiger partial charge in [-0.1, -0.05) is 30.3 Å². The highest BCUT2D eigenvalue weighted by Gasteiger charge is 2.16. The van der Waals surface area contributed by atoms with Crippen LogP contribution in [0.25, 0.3) is 0 Å². The molecule has 0 atom stereocenters. The SMILES string of the molecule is O=C(NS(=O)(=O)CNc1ccccc1O)c1ccccc1. The van der Waals surface area contributed by atoms with Crippen LogP contribution in [-0.2, 0) is 10.0 Å². The Labute approximate surface area is 122 Å². The summed E-state index contributed by atoms with van der Waals surface area (Å²) in [6, 6.07) is 14.3. The van der Waals surface area contributed by atoms with E-state index in [1.54, 1.807) is 30.3 Å². The Morgan fingerprint density at radius 2 is 1.62 bits per heavy atom. The summed E-state index contributed by atoms with van der Waals surface area (Å²) >= 11 is 0. The summed E-state index contributed by atoms with van der Waals surface area (Å²) in [5.41, 5.74) is 0.527. The van der Waals surface area contributed by atoms with Crippen LogP contribution in [0.3, 0.4) is 0 Å². The Kier molecular flexibility index (Phi) is 4.44. The van der Waals surface area contributed by atoms with Crippen LogP contribution < -0.4 is 10.0 Å². The van der Waals surface area contributed by atoms with Crippen LogP contribution in [0, 0.1) is 0 Å². The maximum absolute atomic E-state index is 11.8. The van der Waals surface area contributed by atoms with Gasteiger partial charge < -0.3 is 10.4 Å². The molecule has 0 saturated carbocycles. The van der Waals surface area contributed by atoms with E-state index in [2.05, 4.69) is 5.32 Å². The number of phenols is 1. The average Bonchev–Trinajstić information content (AvgIpc) is 2.47. The minimum atomic E-state index is -3.87. The first kappa shape index (κ1) is 14.9. The molecule has 0 heterocycles. The number of hydrogen-bond acceptors (Lipinski definition) is 5. The molecule has 6 nitrogen and oxygen atoms in total. The highest BCUT2D eigenvalue weighted by Crippen LogP contribution is 2.21. The van der Waals surface area contributed by atoms with Gasteiger partial charge in [0.15, 0.2) is 0 Å². The van der Waals surface area contributed by atoms with E-state index in [4.69, 9.17) is 0 Å². The second-order valence-electron chi connectivity index (χ2n) is 4.25. The minimum absolute atomic E-state index is 0.0675. The quantitative estimate of drug-likeness (QED) is 0.728. The summed E-state index contributed by atoms with van der Waals surface area (Å²) in [4.78, 5) is 11.8. The van der Waals surface area contributed by atoms with E-state index in [0.717, 1.165) is 0 Å². The van der Waals surface area contributed by atoms with Crippen LogP contribution in [0.1, 0.15) is 10.4 Å². The standard InChI is InChI=1S/C14H14N2O4S/c17-13-9-5-4-8-12(13)15-10-21(19,20)16-14(18)11-6-2-1-3-7-11/h1-9,15,17H,10H2,(H,16,18). The molecule has 21 heavy (non-hydrogen) atoms. The predicted molar refractivity (Wildman–Crippen MR) is 79.4 cm³/mol. The molecular weight excluding hydrogens is 292 g/mol. The first-order valence-electron chi connectivity index (χ1n) is 6.10. The molecule has 0 saturated heterocycles. The summed E-state index contributed by atoms with van der Waals surface area (Å²) in [7, 11) is -3.87. The van der Waals surface area contributed by atoms with Gasteiger partial charge in [-0.05, 0) is 24.3 Å². The van der Waals surface area contributed by atoms with Gasteiger partial charge in [0.05, 0.1) is 5.69 Å². The molecule has 2 rings (SSSR count). The van der Waals surface area contributed by atoms with Crippen molar-refractivity contribution in [2.45, 2.75) is 0 Å². The van der Waals surface area contributed by atoms with Crippen LogP contribution in [0.15, 0.2) is 54.6 Å². The van der Waals surface area contributed by atoms with Crippen molar-refractivity contribution < 1.29 is 18.3 Å². The zero-order valence-electron chi connectivity index (χ0n) is 11.0. The van der Waals surface area contributed by atoms with Crippen LogP contribution >= 0.6 is 0 Å². The Morgan fingerprint density at radius 3 is 2.29 bits per heavy atom. The number of amides is 1. The van der Waals surface area contributed by atoms with Gasteiger partial charge in [0, 0.05) is 5.56 Å². The number of sulfonamides is 1. The lowest BCUT2D eigenvalue weighted by molar-refractivity contribution is 0.0981. The smallest absolute Gasteiger partial charge is 0.264 e. The summed E-state index contributed by atoms with van der Waals surface area (Å²) in [5, 5.41) is 12.1. The van der Waals surface area contributed by atoms with E-state index in [0.29, 0.717) is 0 Å². The van der Waals surface area contributed by atoms with E-state index in [-0.39, 0.29) is 17.0 Å². The topological polar surface area (TPSA) is 95.5 Å². The molecule has 0 bridgehead atoms. The monoisotopic (exact) mass is 306 g/mol. The highest BCUT2D eigenvalue weighted by atomic mass is 32.2. The molecule has 0 aliphatic rings. The number of phenolic OH excluding ortho intramolecular Hbond substituents is 1. The van der Waals surface area contributed by atoms with Gasteiger partial charge in [-0.15, -0.1) is 0 Å². The zero-order valence-corrected chi connectivity index (χ0v) is 11.8. The second-order valence-corrected chi connectivity index (χ2v) is 5.97. The summed E-state index contributed by atoms with van der Waals surface area (Å²) in [5.74, 6) is -1.29. The number of rotatable bonds is 5. The summed E-state index contributed by atoms with van der Waals surface area (Å²) in [6.45, 7) is 0. The van der Waals surface area contributed by atoms with Gasteiger partial charge >= 0.3 is 0 Å².